The van der Waals surface area contributed by atoms with Crippen LogP contribution in [0.25, 0.3) is 5.76 Å². The molecule has 4 aromatic rings. The quantitative estimate of drug-likeness (QED) is 0.0880. The first-order chi connectivity index (χ1) is 19.9. The molecule has 1 N–H and O–H groups in total. The molecule has 0 saturated carbocycles. The largest absolute Gasteiger partial charge is 0.507 e. The van der Waals surface area contributed by atoms with Gasteiger partial charge in [0.25, 0.3) is 5.78 Å². The van der Waals surface area contributed by atoms with Gasteiger partial charge in [-0.05, 0) is 40.8 Å². The second-order valence-electron chi connectivity index (χ2n) is 9.97. The lowest BCUT2D eigenvalue weighted by molar-refractivity contribution is -0.132. The highest BCUT2D eigenvalue weighted by Crippen LogP contribution is 2.45. The van der Waals surface area contributed by atoms with Crippen molar-refractivity contribution in [3.63, 3.8) is 0 Å². The van der Waals surface area contributed by atoms with Gasteiger partial charge in [-0.1, -0.05) is 91.5 Å². The van der Waals surface area contributed by atoms with E-state index in [4.69, 9.17) is 9.47 Å². The number of hydrogen-bond donors (Lipinski definition) is 1. The van der Waals surface area contributed by atoms with Crippen LogP contribution in [0.5, 0.6) is 11.5 Å². The Morgan fingerprint density at radius 3 is 2.46 bits per heavy atom. The Morgan fingerprint density at radius 1 is 1.00 bits per heavy atom. The maximum absolute atomic E-state index is 13.6. The predicted molar refractivity (Wildman–Crippen MR) is 159 cm³/mol. The molecule has 1 amide bonds. The van der Waals surface area contributed by atoms with Crippen LogP contribution in [0.1, 0.15) is 48.1 Å². The summed E-state index contributed by atoms with van der Waals surface area (Å²) in [7, 11) is 0. The molecule has 0 radical (unpaired) electrons. The number of nitrogens with zero attached hydrogens (tertiary/aromatic N) is 3. The standard InChI is InChI=1S/C31H27N3O5S2/c1-18(2)20-8-10-21(11-9-20)26-25(27(35)22-12-13-23-24(16-22)39-15-14-38-23)28(36)29(37)34(26)30-32-33-31(41-30)40-17-19-6-4-3-5-7-19/h3-13,16,18,26,35H,14-15,17H2,1-2H3. The van der Waals surface area contributed by atoms with Crippen molar-refractivity contribution < 1.29 is 24.2 Å². The van der Waals surface area contributed by atoms with Crippen molar-refractivity contribution in [2.45, 2.75) is 35.9 Å². The summed E-state index contributed by atoms with van der Waals surface area (Å²) in [6.07, 6.45) is 0. The minimum absolute atomic E-state index is 0.0161. The van der Waals surface area contributed by atoms with Crippen molar-refractivity contribution in [1.82, 2.24) is 10.2 Å². The smallest absolute Gasteiger partial charge is 0.301 e. The molecule has 2 aliphatic rings. The van der Waals surface area contributed by atoms with Crippen LogP contribution >= 0.6 is 23.1 Å². The number of ether oxygens (including phenoxy) is 2. The second kappa shape index (κ2) is 11.4. The van der Waals surface area contributed by atoms with E-state index < -0.39 is 17.7 Å². The molecule has 10 heteroatoms. The number of carbonyl (C=O) groups is 2. The third kappa shape index (κ3) is 5.32. The molecule has 1 atom stereocenters. The summed E-state index contributed by atoms with van der Waals surface area (Å²) in [5.41, 5.74) is 3.28. The summed E-state index contributed by atoms with van der Waals surface area (Å²) in [6.45, 7) is 5.01. The number of aromatic nitrogens is 2. The van der Waals surface area contributed by atoms with Gasteiger partial charge in [0.05, 0.1) is 11.6 Å². The number of Topliss-reactive ketones (excluding diaryl/α,β-unsaturated/α-hetero) is 1. The van der Waals surface area contributed by atoms with Gasteiger partial charge < -0.3 is 14.6 Å². The van der Waals surface area contributed by atoms with E-state index >= 15 is 0 Å². The zero-order valence-corrected chi connectivity index (χ0v) is 24.1. The zero-order chi connectivity index (χ0) is 28.5. The first kappa shape index (κ1) is 27.0. The van der Waals surface area contributed by atoms with Crippen molar-refractivity contribution in [2.75, 3.05) is 18.1 Å². The maximum Gasteiger partial charge on any atom is 0.301 e. The third-order valence-corrected chi connectivity index (χ3v) is 9.11. The van der Waals surface area contributed by atoms with Crippen molar-refractivity contribution in [2.24, 2.45) is 0 Å². The second-order valence-corrected chi connectivity index (χ2v) is 12.2. The van der Waals surface area contributed by atoms with Gasteiger partial charge in [-0.2, -0.15) is 0 Å². The Labute approximate surface area is 245 Å². The minimum Gasteiger partial charge on any atom is -0.507 e. The number of aliphatic hydroxyl groups excluding tert-OH is 1. The lowest BCUT2D eigenvalue weighted by atomic mass is 9.93. The number of carbonyl (C=O) groups excluding carboxylic acids is 2. The van der Waals surface area contributed by atoms with E-state index in [9.17, 15) is 14.7 Å². The van der Waals surface area contributed by atoms with Crippen LogP contribution in [0.2, 0.25) is 0 Å². The molecule has 0 aliphatic carbocycles. The van der Waals surface area contributed by atoms with Crippen LogP contribution in [-0.2, 0) is 15.3 Å². The molecule has 3 aromatic carbocycles. The average molecular weight is 586 g/mol. The van der Waals surface area contributed by atoms with Crippen LogP contribution in [0.4, 0.5) is 5.13 Å². The van der Waals surface area contributed by atoms with Crippen molar-refractivity contribution in [3.05, 3.63) is 101 Å². The molecule has 208 valence electrons. The highest BCUT2D eigenvalue weighted by molar-refractivity contribution is 8.00. The summed E-state index contributed by atoms with van der Waals surface area (Å²) >= 11 is 2.75. The zero-order valence-electron chi connectivity index (χ0n) is 22.4. The molecule has 1 fully saturated rings. The number of fused-ring (bicyclic) bond motifs is 1. The number of benzene rings is 3. The van der Waals surface area contributed by atoms with Gasteiger partial charge in [0.2, 0.25) is 5.13 Å². The molecule has 41 heavy (non-hydrogen) atoms. The van der Waals surface area contributed by atoms with E-state index in [0.29, 0.717) is 57.0 Å². The summed E-state index contributed by atoms with van der Waals surface area (Å²) < 4.78 is 12.0. The van der Waals surface area contributed by atoms with Gasteiger partial charge in [-0.3, -0.25) is 14.5 Å². The molecule has 0 bridgehead atoms. The van der Waals surface area contributed by atoms with Gasteiger partial charge in [0, 0.05) is 11.3 Å². The molecule has 0 spiro atoms. The Morgan fingerprint density at radius 2 is 1.73 bits per heavy atom. The fourth-order valence-electron chi connectivity index (χ4n) is 4.83. The van der Waals surface area contributed by atoms with Gasteiger partial charge in [-0.15, -0.1) is 10.2 Å². The normalized spacial score (nSPS) is 17.8. The highest BCUT2D eigenvalue weighted by atomic mass is 32.2. The van der Waals surface area contributed by atoms with Crippen LogP contribution in [0.3, 0.4) is 0 Å². The lowest BCUT2D eigenvalue weighted by Crippen LogP contribution is -2.29. The van der Waals surface area contributed by atoms with Crippen molar-refractivity contribution in [3.8, 4) is 11.5 Å². The van der Waals surface area contributed by atoms with E-state index in [1.54, 1.807) is 18.2 Å². The Bertz CT molecular complexity index is 1630. The van der Waals surface area contributed by atoms with E-state index in [1.165, 1.54) is 28.0 Å². The monoisotopic (exact) mass is 585 g/mol. The number of amides is 1. The van der Waals surface area contributed by atoms with Crippen molar-refractivity contribution >= 4 is 45.7 Å². The molecule has 8 nitrogen and oxygen atoms in total. The summed E-state index contributed by atoms with van der Waals surface area (Å²) in [5, 5.41) is 20.4. The van der Waals surface area contributed by atoms with Crippen LogP contribution in [-0.4, -0.2) is 40.2 Å². The predicted octanol–water partition coefficient (Wildman–Crippen LogP) is 6.35. The average Bonchev–Trinajstić information content (AvgIpc) is 3.57. The number of thioether (sulfide) groups is 1. The van der Waals surface area contributed by atoms with Crippen LogP contribution < -0.4 is 14.4 Å². The Balaban J connectivity index is 1.40. The maximum atomic E-state index is 13.6. The number of ketones is 1. The fourth-order valence-corrected chi connectivity index (χ4v) is 6.66. The van der Waals surface area contributed by atoms with Gasteiger partial charge >= 0.3 is 5.91 Å². The Hall–Kier alpha value is -4.15. The third-order valence-electron chi connectivity index (χ3n) is 6.99. The molecule has 6 rings (SSSR count). The van der Waals surface area contributed by atoms with Gasteiger partial charge in [0.1, 0.15) is 19.0 Å². The SMILES string of the molecule is CC(C)c1ccc(C2C(=C(O)c3ccc4c(c3)OCCO4)C(=O)C(=O)N2c2nnc(SCc3ccccc3)s2)cc1. The van der Waals surface area contributed by atoms with Gasteiger partial charge in [-0.25, -0.2) is 0 Å². The van der Waals surface area contributed by atoms with Gasteiger partial charge in [0.15, 0.2) is 15.8 Å². The van der Waals surface area contributed by atoms with Crippen molar-refractivity contribution in [1.29, 1.82) is 0 Å². The minimum atomic E-state index is -0.885. The first-order valence-electron chi connectivity index (χ1n) is 13.2. The molecule has 1 aromatic heterocycles. The number of anilines is 1. The number of hydrogen-bond acceptors (Lipinski definition) is 9. The van der Waals surface area contributed by atoms with Crippen LogP contribution in [0, 0.1) is 0 Å². The molecular formula is C31H27N3O5S2. The number of aliphatic hydroxyl groups is 1. The lowest BCUT2D eigenvalue weighted by Gasteiger charge is -2.23. The number of rotatable bonds is 7. The highest BCUT2D eigenvalue weighted by Gasteiger charge is 2.48. The topological polar surface area (TPSA) is 102 Å². The fraction of sp³-hybridized carbons (Fsp3) is 0.226. The molecule has 3 heterocycles. The molecule has 1 saturated heterocycles. The summed E-state index contributed by atoms with van der Waals surface area (Å²) in [4.78, 5) is 28.5. The summed E-state index contributed by atoms with van der Waals surface area (Å²) in [5.74, 6) is 0.185. The van der Waals surface area contributed by atoms with E-state index in [2.05, 4.69) is 24.0 Å². The molecule has 1 unspecified atom stereocenters. The van der Waals surface area contributed by atoms with E-state index in [0.717, 1.165) is 11.1 Å². The molecular weight excluding hydrogens is 558 g/mol. The molecule has 2 aliphatic heterocycles. The Kier molecular flexibility index (Phi) is 7.51. The van der Waals surface area contributed by atoms with E-state index in [-0.39, 0.29) is 11.3 Å². The van der Waals surface area contributed by atoms with E-state index in [1.807, 2.05) is 54.6 Å². The van der Waals surface area contributed by atoms with Crippen LogP contribution in [0.15, 0.2) is 82.7 Å². The first-order valence-corrected chi connectivity index (χ1v) is 15.0. The summed E-state index contributed by atoms with van der Waals surface area (Å²) in [6, 6.07) is 21.8.